The van der Waals surface area contributed by atoms with Crippen LogP contribution in [0.5, 0.6) is 0 Å². The molecule has 0 spiro atoms. The molecule has 0 saturated carbocycles. The number of hydrogen-bond donors (Lipinski definition) is 2. The number of nitrogens with one attached hydrogen (secondary N) is 2. The highest BCUT2D eigenvalue weighted by atomic mass is 16.2. The molecular weight excluding hydrogens is 212 g/mol. The smallest absolute Gasteiger partial charge is 0.242 e. The predicted molar refractivity (Wildman–Crippen MR) is 72.1 cm³/mol. The van der Waals surface area contributed by atoms with E-state index in [0.29, 0.717) is 6.54 Å². The molecule has 3 nitrogen and oxygen atoms in total. The molecular formula is C14H20N2O. The van der Waals surface area contributed by atoms with Gasteiger partial charge in [-0.05, 0) is 31.0 Å². The van der Waals surface area contributed by atoms with Crippen molar-refractivity contribution in [3.63, 3.8) is 0 Å². The van der Waals surface area contributed by atoms with Crippen molar-refractivity contribution in [1.29, 1.82) is 0 Å². The zero-order valence-electron chi connectivity index (χ0n) is 10.5. The Morgan fingerprint density at radius 3 is 2.94 bits per heavy atom. The van der Waals surface area contributed by atoms with E-state index < -0.39 is 0 Å². The van der Waals surface area contributed by atoms with Gasteiger partial charge in [0.25, 0.3) is 0 Å². The molecule has 0 unspecified atom stereocenters. The molecule has 0 saturated heterocycles. The van der Waals surface area contributed by atoms with Crippen molar-refractivity contribution in [2.45, 2.75) is 26.3 Å². The van der Waals surface area contributed by atoms with E-state index >= 15 is 0 Å². The number of carbonyl (C=O) groups excluding carboxylic acids is 1. The molecule has 0 heterocycles. The Kier molecular flexibility index (Phi) is 5.27. The molecule has 0 aromatic heterocycles. The monoisotopic (exact) mass is 232 g/mol. The number of aryl methyl sites for hydroxylation is 1. The lowest BCUT2D eigenvalue weighted by atomic mass is 10.1. The first-order valence-corrected chi connectivity index (χ1v) is 5.91. The van der Waals surface area contributed by atoms with Crippen molar-refractivity contribution in [1.82, 2.24) is 5.32 Å². The molecule has 0 fully saturated rings. The van der Waals surface area contributed by atoms with Gasteiger partial charge in [-0.2, -0.15) is 0 Å². The summed E-state index contributed by atoms with van der Waals surface area (Å²) in [5.74, 6) is -0.0215. The Bertz CT molecular complexity index is 388. The SMILES string of the molecule is C=CCNC(=O)[C@@H](C)Nc1cccc(CC)c1. The second kappa shape index (κ2) is 6.74. The van der Waals surface area contributed by atoms with E-state index in [4.69, 9.17) is 0 Å². The van der Waals surface area contributed by atoms with Gasteiger partial charge in [-0.3, -0.25) is 4.79 Å². The van der Waals surface area contributed by atoms with Crippen LogP contribution in [0.3, 0.4) is 0 Å². The Hall–Kier alpha value is -1.77. The molecule has 1 aromatic rings. The fourth-order valence-electron chi connectivity index (χ4n) is 1.52. The zero-order chi connectivity index (χ0) is 12.7. The van der Waals surface area contributed by atoms with Crippen LogP contribution < -0.4 is 10.6 Å². The summed E-state index contributed by atoms with van der Waals surface area (Å²) >= 11 is 0. The minimum Gasteiger partial charge on any atom is -0.374 e. The number of rotatable bonds is 6. The summed E-state index contributed by atoms with van der Waals surface area (Å²) in [5, 5.41) is 5.94. The van der Waals surface area contributed by atoms with Crippen molar-refractivity contribution in [3.8, 4) is 0 Å². The van der Waals surface area contributed by atoms with Gasteiger partial charge in [0, 0.05) is 12.2 Å². The van der Waals surface area contributed by atoms with Gasteiger partial charge in [-0.1, -0.05) is 25.1 Å². The van der Waals surface area contributed by atoms with E-state index in [2.05, 4.69) is 36.3 Å². The molecule has 0 bridgehead atoms. The van der Waals surface area contributed by atoms with E-state index in [1.54, 1.807) is 6.08 Å². The summed E-state index contributed by atoms with van der Waals surface area (Å²) in [5.41, 5.74) is 2.24. The van der Waals surface area contributed by atoms with E-state index in [1.807, 2.05) is 19.1 Å². The van der Waals surface area contributed by atoms with E-state index in [0.717, 1.165) is 12.1 Å². The molecule has 2 N–H and O–H groups in total. The minimum atomic E-state index is -0.248. The van der Waals surface area contributed by atoms with Crippen LogP contribution >= 0.6 is 0 Å². The summed E-state index contributed by atoms with van der Waals surface area (Å²) in [4.78, 5) is 11.6. The molecule has 0 aliphatic carbocycles. The summed E-state index contributed by atoms with van der Waals surface area (Å²) < 4.78 is 0. The van der Waals surface area contributed by atoms with Gasteiger partial charge in [-0.15, -0.1) is 6.58 Å². The van der Waals surface area contributed by atoms with Gasteiger partial charge in [0.2, 0.25) is 5.91 Å². The lowest BCUT2D eigenvalue weighted by Gasteiger charge is -2.15. The first-order chi connectivity index (χ1) is 8.17. The Morgan fingerprint density at radius 1 is 1.53 bits per heavy atom. The van der Waals surface area contributed by atoms with Gasteiger partial charge in [0.1, 0.15) is 6.04 Å². The molecule has 1 amide bonds. The van der Waals surface area contributed by atoms with Crippen LogP contribution in [0.25, 0.3) is 0 Å². The quantitative estimate of drug-likeness (QED) is 0.739. The maximum atomic E-state index is 11.6. The number of benzene rings is 1. The van der Waals surface area contributed by atoms with Crippen LogP contribution in [-0.2, 0) is 11.2 Å². The Labute approximate surface area is 103 Å². The van der Waals surface area contributed by atoms with Gasteiger partial charge in [0.15, 0.2) is 0 Å². The normalized spacial score (nSPS) is 11.6. The molecule has 0 radical (unpaired) electrons. The van der Waals surface area contributed by atoms with Crippen LogP contribution in [0.15, 0.2) is 36.9 Å². The number of hydrogen-bond acceptors (Lipinski definition) is 2. The predicted octanol–water partition coefficient (Wildman–Crippen LogP) is 2.35. The van der Waals surface area contributed by atoms with Gasteiger partial charge < -0.3 is 10.6 Å². The van der Waals surface area contributed by atoms with E-state index in [1.165, 1.54) is 5.56 Å². The summed E-state index contributed by atoms with van der Waals surface area (Å²) in [6.45, 7) is 8.02. The average molecular weight is 232 g/mol. The topological polar surface area (TPSA) is 41.1 Å². The molecule has 3 heteroatoms. The molecule has 17 heavy (non-hydrogen) atoms. The fourth-order valence-corrected chi connectivity index (χ4v) is 1.52. The van der Waals surface area contributed by atoms with Gasteiger partial charge in [-0.25, -0.2) is 0 Å². The number of carbonyl (C=O) groups is 1. The molecule has 1 rings (SSSR count). The third-order valence-electron chi connectivity index (χ3n) is 2.53. The molecule has 1 aromatic carbocycles. The summed E-state index contributed by atoms with van der Waals surface area (Å²) in [6, 6.07) is 7.86. The third kappa shape index (κ3) is 4.31. The number of amides is 1. The Morgan fingerprint density at radius 2 is 2.29 bits per heavy atom. The summed E-state index contributed by atoms with van der Waals surface area (Å²) in [7, 11) is 0. The molecule has 1 atom stereocenters. The largest absolute Gasteiger partial charge is 0.374 e. The highest BCUT2D eigenvalue weighted by Crippen LogP contribution is 2.12. The lowest BCUT2D eigenvalue weighted by molar-refractivity contribution is -0.121. The minimum absolute atomic E-state index is 0.0215. The second-order valence-electron chi connectivity index (χ2n) is 3.95. The van der Waals surface area contributed by atoms with Gasteiger partial charge in [0.05, 0.1) is 0 Å². The summed E-state index contributed by atoms with van der Waals surface area (Å²) in [6.07, 6.45) is 2.66. The van der Waals surface area contributed by atoms with E-state index in [-0.39, 0.29) is 11.9 Å². The van der Waals surface area contributed by atoms with Crippen molar-refractivity contribution >= 4 is 11.6 Å². The van der Waals surface area contributed by atoms with E-state index in [9.17, 15) is 4.79 Å². The Balaban J connectivity index is 2.57. The third-order valence-corrected chi connectivity index (χ3v) is 2.53. The van der Waals surface area contributed by atoms with Crippen LogP contribution in [0.4, 0.5) is 5.69 Å². The lowest BCUT2D eigenvalue weighted by Crippen LogP contribution is -2.37. The van der Waals surface area contributed by atoms with Crippen LogP contribution in [0.2, 0.25) is 0 Å². The van der Waals surface area contributed by atoms with Crippen LogP contribution in [0.1, 0.15) is 19.4 Å². The first-order valence-electron chi connectivity index (χ1n) is 5.91. The highest BCUT2D eigenvalue weighted by molar-refractivity contribution is 5.84. The fraction of sp³-hybridized carbons (Fsp3) is 0.357. The van der Waals surface area contributed by atoms with Crippen LogP contribution in [-0.4, -0.2) is 18.5 Å². The van der Waals surface area contributed by atoms with Crippen molar-refractivity contribution in [3.05, 3.63) is 42.5 Å². The maximum Gasteiger partial charge on any atom is 0.242 e. The number of anilines is 1. The zero-order valence-corrected chi connectivity index (χ0v) is 10.5. The highest BCUT2D eigenvalue weighted by Gasteiger charge is 2.10. The second-order valence-corrected chi connectivity index (χ2v) is 3.95. The molecule has 0 aliphatic heterocycles. The van der Waals surface area contributed by atoms with Gasteiger partial charge >= 0.3 is 0 Å². The van der Waals surface area contributed by atoms with Crippen LogP contribution in [0, 0.1) is 0 Å². The molecule has 0 aliphatic rings. The van der Waals surface area contributed by atoms with Crippen molar-refractivity contribution in [2.75, 3.05) is 11.9 Å². The van der Waals surface area contributed by atoms with Crippen molar-refractivity contribution in [2.24, 2.45) is 0 Å². The van der Waals surface area contributed by atoms with Crippen molar-refractivity contribution < 1.29 is 4.79 Å². The first kappa shape index (κ1) is 13.3. The average Bonchev–Trinajstić information content (AvgIpc) is 2.36. The molecule has 92 valence electrons. The standard InChI is InChI=1S/C14H20N2O/c1-4-9-15-14(17)11(3)16-13-8-6-7-12(5-2)10-13/h4,6-8,10-11,16H,1,5,9H2,2-3H3,(H,15,17)/t11-/m1/s1. The maximum absolute atomic E-state index is 11.6.